The van der Waals surface area contributed by atoms with E-state index < -0.39 is 0 Å². The van der Waals surface area contributed by atoms with Gasteiger partial charge >= 0.3 is 0 Å². The Bertz CT molecular complexity index is 725. The summed E-state index contributed by atoms with van der Waals surface area (Å²) in [6.45, 7) is 5.76. The molecule has 0 N–H and O–H groups in total. The van der Waals surface area contributed by atoms with E-state index in [1.807, 2.05) is 13.0 Å². The van der Waals surface area contributed by atoms with Crippen LogP contribution < -0.4 is 0 Å². The average molecular weight is 302 g/mol. The van der Waals surface area contributed by atoms with Crippen LogP contribution in [0.15, 0.2) is 12.3 Å². The lowest BCUT2D eigenvalue weighted by atomic mass is 10.3. The van der Waals surface area contributed by atoms with Gasteiger partial charge in [0.15, 0.2) is 0 Å². The zero-order valence-corrected chi connectivity index (χ0v) is 12.7. The van der Waals surface area contributed by atoms with E-state index in [-0.39, 0.29) is 17.6 Å². The van der Waals surface area contributed by atoms with Crippen molar-refractivity contribution in [2.75, 3.05) is 26.2 Å². The normalized spacial score (nSPS) is 15.9. The van der Waals surface area contributed by atoms with Crippen molar-refractivity contribution in [2.24, 2.45) is 0 Å². The quantitative estimate of drug-likeness (QED) is 0.747. The number of fused-ring (bicyclic) bond motifs is 1. The predicted octanol–water partition coefficient (Wildman–Crippen LogP) is 0.127. The van der Waals surface area contributed by atoms with Crippen LogP contribution in [0.2, 0.25) is 0 Å². The standard InChI is InChI=1S/C14H18N6O2/c1-10-4-5-15-14-16-12(17-20(10)14)13(22)19-7-3-6-18(8-9-19)11(2)21/h4-5H,3,6-9H2,1-2H3. The molecule has 2 aromatic rings. The number of carbonyl (C=O) groups is 2. The number of aromatic nitrogens is 4. The maximum absolute atomic E-state index is 12.6. The van der Waals surface area contributed by atoms with Crippen LogP contribution >= 0.6 is 0 Å². The molecule has 8 heteroatoms. The molecule has 2 aromatic heterocycles. The highest BCUT2D eigenvalue weighted by Gasteiger charge is 2.24. The van der Waals surface area contributed by atoms with Crippen LogP contribution in [0.3, 0.4) is 0 Å². The Balaban J connectivity index is 1.80. The molecule has 0 spiro atoms. The minimum absolute atomic E-state index is 0.0416. The van der Waals surface area contributed by atoms with Crippen molar-refractivity contribution >= 4 is 17.6 Å². The fraction of sp³-hybridized carbons (Fsp3) is 0.500. The highest BCUT2D eigenvalue weighted by molar-refractivity contribution is 5.91. The SMILES string of the molecule is CC(=O)N1CCCN(C(=O)c2nc3nccc(C)n3n2)CC1. The predicted molar refractivity (Wildman–Crippen MR) is 78.3 cm³/mol. The van der Waals surface area contributed by atoms with E-state index in [4.69, 9.17) is 0 Å². The highest BCUT2D eigenvalue weighted by atomic mass is 16.2. The number of rotatable bonds is 1. The van der Waals surface area contributed by atoms with Crippen LogP contribution in [0.1, 0.15) is 29.7 Å². The molecule has 0 bridgehead atoms. The average Bonchev–Trinajstić information content (AvgIpc) is 2.77. The lowest BCUT2D eigenvalue weighted by molar-refractivity contribution is -0.128. The van der Waals surface area contributed by atoms with Crippen LogP contribution in [0.4, 0.5) is 0 Å². The molecule has 3 heterocycles. The molecule has 116 valence electrons. The molecule has 0 atom stereocenters. The van der Waals surface area contributed by atoms with Gasteiger partial charge in [-0.1, -0.05) is 0 Å². The Hall–Kier alpha value is -2.51. The van der Waals surface area contributed by atoms with Crippen molar-refractivity contribution in [1.82, 2.24) is 29.4 Å². The molecular formula is C14H18N6O2. The van der Waals surface area contributed by atoms with Gasteiger partial charge in [-0.3, -0.25) is 9.59 Å². The van der Waals surface area contributed by atoms with Gasteiger partial charge < -0.3 is 9.80 Å². The molecule has 1 fully saturated rings. The Labute approximate surface area is 127 Å². The number of amides is 2. The lowest BCUT2D eigenvalue weighted by Gasteiger charge is -2.20. The van der Waals surface area contributed by atoms with Gasteiger partial charge in [-0.25, -0.2) is 9.50 Å². The van der Waals surface area contributed by atoms with E-state index in [0.717, 1.165) is 12.1 Å². The van der Waals surface area contributed by atoms with Crippen LogP contribution in [0.25, 0.3) is 5.78 Å². The van der Waals surface area contributed by atoms with Gasteiger partial charge in [-0.15, -0.1) is 5.10 Å². The van der Waals surface area contributed by atoms with Gasteiger partial charge in [0.1, 0.15) is 0 Å². The van der Waals surface area contributed by atoms with Crippen molar-refractivity contribution in [3.8, 4) is 0 Å². The number of nitrogens with zero attached hydrogens (tertiary/aromatic N) is 6. The molecular weight excluding hydrogens is 284 g/mol. The van der Waals surface area contributed by atoms with Gasteiger partial charge in [-0.05, 0) is 19.4 Å². The number of hydrogen-bond donors (Lipinski definition) is 0. The first kappa shape index (κ1) is 14.4. The van der Waals surface area contributed by atoms with Crippen LogP contribution in [0, 0.1) is 6.92 Å². The second kappa shape index (κ2) is 5.70. The molecule has 22 heavy (non-hydrogen) atoms. The summed E-state index contributed by atoms with van der Waals surface area (Å²) in [6, 6.07) is 1.81. The second-order valence-corrected chi connectivity index (χ2v) is 5.39. The summed E-state index contributed by atoms with van der Waals surface area (Å²) < 4.78 is 1.56. The summed E-state index contributed by atoms with van der Waals surface area (Å²) in [7, 11) is 0. The molecule has 3 rings (SSSR count). The van der Waals surface area contributed by atoms with Crippen molar-refractivity contribution in [2.45, 2.75) is 20.3 Å². The number of carbonyl (C=O) groups excluding carboxylic acids is 2. The van der Waals surface area contributed by atoms with Crippen LogP contribution in [-0.4, -0.2) is 67.4 Å². The fourth-order valence-electron chi connectivity index (χ4n) is 2.57. The fourth-order valence-corrected chi connectivity index (χ4v) is 2.57. The van der Waals surface area contributed by atoms with Crippen molar-refractivity contribution < 1.29 is 9.59 Å². The smallest absolute Gasteiger partial charge is 0.293 e. The Morgan fingerprint density at radius 3 is 2.59 bits per heavy atom. The van der Waals surface area contributed by atoms with E-state index in [0.29, 0.717) is 32.0 Å². The van der Waals surface area contributed by atoms with Gasteiger partial charge in [-0.2, -0.15) is 4.98 Å². The first-order chi connectivity index (χ1) is 10.6. The second-order valence-electron chi connectivity index (χ2n) is 5.39. The molecule has 1 aliphatic heterocycles. The lowest BCUT2D eigenvalue weighted by Crippen LogP contribution is -2.37. The zero-order chi connectivity index (χ0) is 15.7. The van der Waals surface area contributed by atoms with Gasteiger partial charge in [0.2, 0.25) is 11.7 Å². The third-order valence-corrected chi connectivity index (χ3v) is 3.85. The first-order valence-electron chi connectivity index (χ1n) is 7.29. The van der Waals surface area contributed by atoms with Gasteiger partial charge in [0.25, 0.3) is 11.7 Å². The molecule has 1 saturated heterocycles. The van der Waals surface area contributed by atoms with Crippen molar-refractivity contribution in [3.63, 3.8) is 0 Å². The van der Waals surface area contributed by atoms with E-state index in [1.165, 1.54) is 0 Å². The van der Waals surface area contributed by atoms with Gasteiger partial charge in [0.05, 0.1) is 0 Å². The largest absolute Gasteiger partial charge is 0.341 e. The monoisotopic (exact) mass is 302 g/mol. The zero-order valence-electron chi connectivity index (χ0n) is 12.7. The number of aryl methyl sites for hydroxylation is 1. The molecule has 0 radical (unpaired) electrons. The highest BCUT2D eigenvalue weighted by Crippen LogP contribution is 2.09. The molecule has 2 amide bonds. The summed E-state index contributed by atoms with van der Waals surface area (Å²) in [6.07, 6.45) is 2.40. The summed E-state index contributed by atoms with van der Waals surface area (Å²) >= 11 is 0. The Kier molecular flexibility index (Phi) is 3.74. The Morgan fingerprint density at radius 2 is 1.86 bits per heavy atom. The molecule has 0 aliphatic carbocycles. The molecule has 0 saturated carbocycles. The molecule has 8 nitrogen and oxygen atoms in total. The van der Waals surface area contributed by atoms with Crippen molar-refractivity contribution in [3.05, 3.63) is 23.8 Å². The van der Waals surface area contributed by atoms with Crippen molar-refractivity contribution in [1.29, 1.82) is 0 Å². The third-order valence-electron chi connectivity index (χ3n) is 3.85. The van der Waals surface area contributed by atoms with E-state index in [2.05, 4.69) is 15.1 Å². The van der Waals surface area contributed by atoms with E-state index in [9.17, 15) is 9.59 Å². The number of hydrogen-bond acceptors (Lipinski definition) is 5. The summed E-state index contributed by atoms with van der Waals surface area (Å²) in [5.74, 6) is 0.400. The molecule has 1 aliphatic rings. The Morgan fingerprint density at radius 1 is 1.14 bits per heavy atom. The molecule has 0 aromatic carbocycles. The van der Waals surface area contributed by atoms with E-state index >= 15 is 0 Å². The topological polar surface area (TPSA) is 83.7 Å². The maximum atomic E-state index is 12.6. The van der Waals surface area contributed by atoms with Gasteiger partial charge in [0, 0.05) is 45.0 Å². The summed E-state index contributed by atoms with van der Waals surface area (Å²) in [5.41, 5.74) is 0.871. The summed E-state index contributed by atoms with van der Waals surface area (Å²) in [5, 5.41) is 4.24. The van der Waals surface area contributed by atoms with Crippen LogP contribution in [-0.2, 0) is 4.79 Å². The minimum Gasteiger partial charge on any atom is -0.341 e. The third kappa shape index (κ3) is 2.63. The first-order valence-corrected chi connectivity index (χ1v) is 7.29. The molecule has 0 unspecified atom stereocenters. The van der Waals surface area contributed by atoms with Crippen LogP contribution in [0.5, 0.6) is 0 Å². The maximum Gasteiger partial charge on any atom is 0.293 e. The summed E-state index contributed by atoms with van der Waals surface area (Å²) in [4.78, 5) is 35.8. The minimum atomic E-state index is -0.213. The van der Waals surface area contributed by atoms with E-state index in [1.54, 1.807) is 27.4 Å².